The molecule has 2 heterocycles. The Bertz CT molecular complexity index is 805. The van der Waals surface area contributed by atoms with Crippen LogP contribution in [0.4, 0.5) is 5.69 Å². The summed E-state index contributed by atoms with van der Waals surface area (Å²) >= 11 is 0. The quantitative estimate of drug-likeness (QED) is 0.410. The van der Waals surface area contributed by atoms with Crippen LogP contribution < -0.4 is 15.5 Å². The van der Waals surface area contributed by atoms with Crippen molar-refractivity contribution in [2.75, 3.05) is 24.6 Å². The molecule has 2 aliphatic heterocycles. The summed E-state index contributed by atoms with van der Waals surface area (Å²) in [6, 6.07) is 8.37. The number of aliphatic hydroxyl groups excluding tert-OH is 2. The fourth-order valence-electron chi connectivity index (χ4n) is 5.05. The van der Waals surface area contributed by atoms with E-state index in [1.54, 1.807) is 6.20 Å². The van der Waals surface area contributed by atoms with Crippen LogP contribution in [0.5, 0.6) is 0 Å². The lowest BCUT2D eigenvalue weighted by Gasteiger charge is -2.27. The van der Waals surface area contributed by atoms with Crippen LogP contribution in [0.3, 0.4) is 0 Å². The molecule has 3 aliphatic rings. The number of nitrogens with zero attached hydrogens (tertiary/aromatic N) is 1. The smallest absolute Gasteiger partial charge is 0.130 e. The number of nitrogens with one attached hydrogen (secondary N) is 3. The van der Waals surface area contributed by atoms with Gasteiger partial charge < -0.3 is 25.7 Å². The molecule has 144 valence electrons. The highest BCUT2D eigenvalue weighted by molar-refractivity contribution is 6.10. The molecule has 0 aromatic heterocycles. The number of hydrogen-bond acceptors (Lipinski definition) is 5. The van der Waals surface area contributed by atoms with Gasteiger partial charge in [0.05, 0.1) is 18.4 Å². The number of para-hydroxylation sites is 1. The molecule has 0 bridgehead atoms. The maximum atomic E-state index is 10.4. The van der Waals surface area contributed by atoms with Crippen LogP contribution in [-0.2, 0) is 5.41 Å². The normalized spacial score (nSPS) is 32.3. The van der Waals surface area contributed by atoms with Crippen LogP contribution in [0.15, 0.2) is 48.3 Å². The molecule has 1 aromatic rings. The van der Waals surface area contributed by atoms with Gasteiger partial charge in [-0.15, -0.1) is 0 Å². The molecule has 1 saturated heterocycles. The maximum absolute atomic E-state index is 10.4. The molecule has 0 radical (unpaired) electrons. The van der Waals surface area contributed by atoms with Crippen LogP contribution in [0.1, 0.15) is 25.3 Å². The van der Waals surface area contributed by atoms with Gasteiger partial charge in [-0.05, 0) is 36.6 Å². The number of rotatable bonds is 4. The molecule has 0 unspecified atom stereocenters. The van der Waals surface area contributed by atoms with Gasteiger partial charge in [0.2, 0.25) is 0 Å². The molecular weight excluding hydrogens is 340 g/mol. The largest absolute Gasteiger partial charge is 0.395 e. The van der Waals surface area contributed by atoms with Crippen molar-refractivity contribution in [3.05, 3.63) is 53.9 Å². The molecule has 27 heavy (non-hydrogen) atoms. The molecular formula is C21H28N4O2. The molecule has 0 amide bonds. The van der Waals surface area contributed by atoms with Crippen molar-refractivity contribution in [3.8, 4) is 0 Å². The average Bonchev–Trinajstić information content (AvgIpc) is 3.31. The summed E-state index contributed by atoms with van der Waals surface area (Å²) in [5.74, 6) is 0.547. The second-order valence-corrected chi connectivity index (χ2v) is 8.03. The van der Waals surface area contributed by atoms with Gasteiger partial charge in [-0.25, -0.2) is 0 Å². The van der Waals surface area contributed by atoms with Crippen molar-refractivity contribution in [2.24, 2.45) is 5.92 Å². The second-order valence-electron chi connectivity index (χ2n) is 8.03. The third-order valence-electron chi connectivity index (χ3n) is 6.29. The Morgan fingerprint density at radius 3 is 2.96 bits per heavy atom. The van der Waals surface area contributed by atoms with Gasteiger partial charge in [0, 0.05) is 35.8 Å². The number of benzene rings is 1. The van der Waals surface area contributed by atoms with Crippen molar-refractivity contribution in [3.63, 3.8) is 0 Å². The lowest BCUT2D eigenvalue weighted by molar-refractivity contribution is 0.197. The summed E-state index contributed by atoms with van der Waals surface area (Å²) in [6.07, 6.45) is 2.45. The summed E-state index contributed by atoms with van der Waals surface area (Å²) in [6.45, 7) is 7.41. The summed E-state index contributed by atoms with van der Waals surface area (Å²) in [5, 5.41) is 35.5. The first kappa shape index (κ1) is 18.2. The first-order chi connectivity index (χ1) is 13.0. The van der Waals surface area contributed by atoms with E-state index in [0.29, 0.717) is 24.5 Å². The molecule has 6 nitrogen and oxygen atoms in total. The minimum absolute atomic E-state index is 0.0939. The third kappa shape index (κ3) is 2.79. The van der Waals surface area contributed by atoms with Crippen LogP contribution in [0.2, 0.25) is 0 Å². The average molecular weight is 368 g/mol. The standard InChI is InChI=1S/C21H28N4O2/c1-3-23-19-17(27)8-13(2)18(19)20(22)25-12-21(9-14(10-26)24-11-21)15-6-4-5-7-16(15)25/h3-7,13-14,17,22-24,26-27H,1,8-12H2,2H3/t13-,14+,17-,21+/m1/s1. The topological polar surface area (TPSA) is 91.6 Å². The van der Waals surface area contributed by atoms with E-state index >= 15 is 0 Å². The van der Waals surface area contributed by atoms with Crippen molar-refractivity contribution in [2.45, 2.75) is 37.3 Å². The van der Waals surface area contributed by atoms with Gasteiger partial charge in [0.25, 0.3) is 0 Å². The van der Waals surface area contributed by atoms with Gasteiger partial charge in [0.15, 0.2) is 0 Å². The fourth-order valence-corrected chi connectivity index (χ4v) is 5.05. The Labute approximate surface area is 160 Å². The number of aliphatic hydroxyl groups is 2. The number of anilines is 1. The van der Waals surface area contributed by atoms with Crippen LogP contribution in [0.25, 0.3) is 0 Å². The van der Waals surface area contributed by atoms with E-state index < -0.39 is 6.10 Å². The first-order valence-corrected chi connectivity index (χ1v) is 9.60. The van der Waals surface area contributed by atoms with Crippen LogP contribution >= 0.6 is 0 Å². The lowest BCUT2D eigenvalue weighted by atomic mass is 9.80. The molecule has 1 spiro atoms. The molecule has 6 heteroatoms. The molecule has 1 fully saturated rings. The van der Waals surface area contributed by atoms with Gasteiger partial charge in [-0.1, -0.05) is 31.7 Å². The maximum Gasteiger partial charge on any atom is 0.130 e. The van der Waals surface area contributed by atoms with Crippen molar-refractivity contribution >= 4 is 11.5 Å². The van der Waals surface area contributed by atoms with Crippen molar-refractivity contribution in [1.29, 1.82) is 5.41 Å². The second kappa shape index (κ2) is 6.78. The van der Waals surface area contributed by atoms with E-state index in [-0.39, 0.29) is 24.0 Å². The summed E-state index contributed by atoms with van der Waals surface area (Å²) in [7, 11) is 0. The first-order valence-electron chi connectivity index (χ1n) is 9.60. The Hall–Kier alpha value is -2.15. The Morgan fingerprint density at radius 2 is 2.26 bits per heavy atom. The third-order valence-corrected chi connectivity index (χ3v) is 6.29. The number of fused-ring (bicyclic) bond motifs is 2. The summed E-state index contributed by atoms with van der Waals surface area (Å²) in [5.41, 5.74) is 3.76. The lowest BCUT2D eigenvalue weighted by Crippen LogP contribution is -2.39. The SMILES string of the molecule is C=CNC1=C(C(=N)N2C[C@]3(CN[C@H](CO)C3)c3ccccc32)[C@H](C)C[C@H]1O. The van der Waals surface area contributed by atoms with Gasteiger partial charge in [-0.3, -0.25) is 5.41 Å². The van der Waals surface area contributed by atoms with E-state index in [1.807, 2.05) is 12.1 Å². The highest BCUT2D eigenvalue weighted by atomic mass is 16.3. The summed E-state index contributed by atoms with van der Waals surface area (Å²) < 4.78 is 0. The number of amidine groups is 1. The highest BCUT2D eigenvalue weighted by Gasteiger charge is 2.49. The van der Waals surface area contributed by atoms with E-state index in [0.717, 1.165) is 24.2 Å². The van der Waals surface area contributed by atoms with E-state index in [4.69, 9.17) is 5.41 Å². The van der Waals surface area contributed by atoms with Gasteiger partial charge >= 0.3 is 0 Å². The Morgan fingerprint density at radius 1 is 1.48 bits per heavy atom. The predicted molar refractivity (Wildman–Crippen MR) is 107 cm³/mol. The minimum atomic E-state index is -0.591. The Balaban J connectivity index is 1.73. The highest BCUT2D eigenvalue weighted by Crippen LogP contribution is 2.47. The van der Waals surface area contributed by atoms with E-state index in [9.17, 15) is 10.2 Å². The Kier molecular flexibility index (Phi) is 4.58. The van der Waals surface area contributed by atoms with Gasteiger partial charge in [-0.2, -0.15) is 0 Å². The zero-order valence-electron chi connectivity index (χ0n) is 15.7. The predicted octanol–water partition coefficient (Wildman–Crippen LogP) is 1.46. The summed E-state index contributed by atoms with van der Waals surface area (Å²) in [4.78, 5) is 2.07. The minimum Gasteiger partial charge on any atom is -0.395 e. The molecule has 5 N–H and O–H groups in total. The fraction of sp³-hybridized carbons (Fsp3) is 0.476. The van der Waals surface area contributed by atoms with Crippen molar-refractivity contribution < 1.29 is 10.2 Å². The molecule has 4 rings (SSSR count). The van der Waals surface area contributed by atoms with E-state index in [2.05, 4.69) is 41.2 Å². The molecule has 1 aromatic carbocycles. The molecule has 0 saturated carbocycles. The zero-order valence-corrected chi connectivity index (χ0v) is 15.7. The monoisotopic (exact) mass is 368 g/mol. The van der Waals surface area contributed by atoms with Gasteiger partial charge in [0.1, 0.15) is 5.84 Å². The van der Waals surface area contributed by atoms with Crippen molar-refractivity contribution in [1.82, 2.24) is 10.6 Å². The zero-order chi connectivity index (χ0) is 19.2. The van der Waals surface area contributed by atoms with E-state index in [1.165, 1.54) is 5.56 Å². The molecule has 1 aliphatic carbocycles. The number of hydrogen-bond donors (Lipinski definition) is 5. The van der Waals surface area contributed by atoms with Crippen LogP contribution in [0, 0.1) is 11.3 Å². The van der Waals surface area contributed by atoms with Crippen LogP contribution in [-0.4, -0.2) is 47.9 Å². The molecule has 4 atom stereocenters.